The lowest BCUT2D eigenvalue weighted by atomic mass is 10.0. The molecule has 32 heavy (non-hydrogen) atoms. The first-order chi connectivity index (χ1) is 15.2. The van der Waals surface area contributed by atoms with Crippen molar-refractivity contribution in [1.82, 2.24) is 10.2 Å². The van der Waals surface area contributed by atoms with Crippen LogP contribution in [0.3, 0.4) is 0 Å². The molecule has 0 bridgehead atoms. The molecule has 0 saturated carbocycles. The summed E-state index contributed by atoms with van der Waals surface area (Å²) in [5, 5.41) is 27.4. The Morgan fingerprint density at radius 3 is 2.56 bits per heavy atom. The molecule has 2 aromatic carbocycles. The number of nitrogens with one attached hydrogen (secondary N) is 2. The molecule has 4 N–H and O–H groups in total. The van der Waals surface area contributed by atoms with E-state index < -0.39 is 5.60 Å². The molecule has 1 amide bonds. The third-order valence-electron chi connectivity index (χ3n) is 5.49. The van der Waals surface area contributed by atoms with Gasteiger partial charge in [0.1, 0.15) is 23.7 Å². The van der Waals surface area contributed by atoms with Crippen molar-refractivity contribution in [1.29, 1.82) is 0 Å². The summed E-state index contributed by atoms with van der Waals surface area (Å²) in [6.07, 6.45) is 2.01. The van der Waals surface area contributed by atoms with Crippen molar-refractivity contribution in [3.63, 3.8) is 0 Å². The van der Waals surface area contributed by atoms with Crippen LogP contribution in [0.1, 0.15) is 32.3 Å². The van der Waals surface area contributed by atoms with Crippen LogP contribution in [0.2, 0.25) is 5.02 Å². The van der Waals surface area contributed by atoms with Gasteiger partial charge in [0.2, 0.25) is 5.91 Å². The number of phenols is 1. The van der Waals surface area contributed by atoms with E-state index in [1.807, 2.05) is 12.1 Å². The number of phenolic OH excluding ortho intramolecular Hbond substituents is 1. The van der Waals surface area contributed by atoms with Crippen LogP contribution < -0.4 is 15.4 Å². The largest absolute Gasteiger partial charge is 0.508 e. The number of amides is 1. The number of anilines is 1. The Bertz CT molecular complexity index is 897. The van der Waals surface area contributed by atoms with Gasteiger partial charge in [0.15, 0.2) is 0 Å². The Balaban J connectivity index is 1.43. The number of aliphatic hydroxyl groups is 1. The third kappa shape index (κ3) is 7.67. The van der Waals surface area contributed by atoms with Crippen LogP contribution in [0.25, 0.3) is 0 Å². The van der Waals surface area contributed by atoms with Gasteiger partial charge in [-0.3, -0.25) is 9.69 Å². The second-order valence-electron chi connectivity index (χ2n) is 8.71. The van der Waals surface area contributed by atoms with Crippen LogP contribution in [0.5, 0.6) is 11.5 Å². The maximum atomic E-state index is 11.4. The average molecular weight is 462 g/mol. The molecule has 1 unspecified atom stereocenters. The van der Waals surface area contributed by atoms with Gasteiger partial charge in [0.05, 0.1) is 5.69 Å². The lowest BCUT2D eigenvalue weighted by Gasteiger charge is -2.34. The molecule has 1 atom stereocenters. The monoisotopic (exact) mass is 461 g/mol. The molecule has 1 aliphatic rings. The number of hydrogen-bond acceptors (Lipinski definition) is 6. The van der Waals surface area contributed by atoms with Crippen LogP contribution in [-0.2, 0) is 11.3 Å². The molecule has 0 spiro atoms. The Morgan fingerprint density at radius 2 is 1.91 bits per heavy atom. The van der Waals surface area contributed by atoms with Crippen molar-refractivity contribution < 1.29 is 19.7 Å². The molecule has 3 rings (SSSR count). The summed E-state index contributed by atoms with van der Waals surface area (Å²) in [5.74, 6) is 0.101. The minimum atomic E-state index is -1.11. The van der Waals surface area contributed by atoms with Crippen LogP contribution in [0, 0.1) is 0 Å². The number of hydrogen-bond donors (Lipinski definition) is 4. The highest BCUT2D eigenvalue weighted by Gasteiger charge is 2.26. The topological polar surface area (TPSA) is 94.1 Å². The van der Waals surface area contributed by atoms with Gasteiger partial charge >= 0.3 is 0 Å². The number of rotatable bonds is 9. The van der Waals surface area contributed by atoms with E-state index in [0.717, 1.165) is 37.5 Å². The van der Waals surface area contributed by atoms with Crippen LogP contribution >= 0.6 is 11.6 Å². The molecule has 7 nitrogen and oxygen atoms in total. The molecule has 0 radical (unpaired) electrons. The van der Waals surface area contributed by atoms with Crippen LogP contribution in [-0.4, -0.2) is 58.9 Å². The van der Waals surface area contributed by atoms with Crippen LogP contribution in [0.15, 0.2) is 42.5 Å². The Morgan fingerprint density at radius 1 is 1.22 bits per heavy atom. The summed E-state index contributed by atoms with van der Waals surface area (Å²) in [6.45, 7) is 6.39. The lowest BCUT2D eigenvalue weighted by molar-refractivity contribution is -0.114. The fourth-order valence-corrected chi connectivity index (χ4v) is 3.84. The number of halogens is 1. The Labute approximate surface area is 194 Å². The van der Waals surface area contributed by atoms with Crippen molar-refractivity contribution in [2.75, 3.05) is 31.6 Å². The molecule has 174 valence electrons. The predicted molar refractivity (Wildman–Crippen MR) is 126 cm³/mol. The first-order valence-electron chi connectivity index (χ1n) is 10.9. The maximum Gasteiger partial charge on any atom is 0.221 e. The van der Waals surface area contributed by atoms with E-state index in [2.05, 4.69) is 27.7 Å². The predicted octanol–water partition coefficient (Wildman–Crippen LogP) is 3.39. The smallest absolute Gasteiger partial charge is 0.221 e. The van der Waals surface area contributed by atoms with Gasteiger partial charge in [0.25, 0.3) is 0 Å². The zero-order valence-electron chi connectivity index (χ0n) is 18.6. The summed E-state index contributed by atoms with van der Waals surface area (Å²) in [6, 6.07) is 12.8. The van der Waals surface area contributed by atoms with E-state index in [4.69, 9.17) is 16.3 Å². The van der Waals surface area contributed by atoms with Gasteiger partial charge < -0.3 is 25.6 Å². The second kappa shape index (κ2) is 11.0. The van der Waals surface area contributed by atoms with Gasteiger partial charge in [-0.05, 0) is 62.7 Å². The number of likely N-dealkylation sites (tertiary alicyclic amines) is 1. The highest BCUT2D eigenvalue weighted by Crippen LogP contribution is 2.29. The Hall–Kier alpha value is -2.32. The van der Waals surface area contributed by atoms with Gasteiger partial charge in [-0.25, -0.2) is 0 Å². The minimum Gasteiger partial charge on any atom is -0.508 e. The average Bonchev–Trinajstić information content (AvgIpc) is 2.75. The normalized spacial score (nSPS) is 17.0. The van der Waals surface area contributed by atoms with Crippen LogP contribution in [0.4, 0.5) is 5.69 Å². The molecule has 0 aromatic heterocycles. The lowest BCUT2D eigenvalue weighted by Crippen LogP contribution is -2.49. The molecule has 1 saturated heterocycles. The maximum absolute atomic E-state index is 11.4. The second-order valence-corrected chi connectivity index (χ2v) is 9.14. The summed E-state index contributed by atoms with van der Waals surface area (Å²) < 4.78 is 5.73. The standard InChI is InChI=1S/C24H32ClN3O4/c1-17(29)27-22-8-7-21(30)13-23(22)32-16-24(2,31)15-26-20-9-11-28(12-10-20)14-18-3-5-19(25)6-4-18/h3-8,13,20,26,30-31H,9-12,14-16H2,1-2H3,(H,27,29). The van der Waals surface area contributed by atoms with Gasteiger partial charge in [-0.2, -0.15) is 0 Å². The van der Waals surface area contributed by atoms with E-state index in [1.54, 1.807) is 13.0 Å². The van der Waals surface area contributed by atoms with Crippen molar-refractivity contribution in [3.8, 4) is 11.5 Å². The van der Waals surface area contributed by atoms with Crippen molar-refractivity contribution in [3.05, 3.63) is 53.1 Å². The number of carbonyl (C=O) groups excluding carboxylic acids is 1. The minimum absolute atomic E-state index is 0.0193. The molecular formula is C24H32ClN3O4. The highest BCUT2D eigenvalue weighted by molar-refractivity contribution is 6.30. The molecule has 1 fully saturated rings. The fourth-order valence-electron chi connectivity index (χ4n) is 3.72. The SMILES string of the molecule is CC(=O)Nc1ccc(O)cc1OCC(C)(O)CNC1CCN(Cc2ccc(Cl)cc2)CC1. The number of piperidine rings is 1. The Kier molecular flexibility index (Phi) is 8.37. The van der Waals surface area contributed by atoms with Crippen molar-refractivity contribution in [2.24, 2.45) is 0 Å². The van der Waals surface area contributed by atoms with E-state index in [9.17, 15) is 15.0 Å². The summed E-state index contributed by atoms with van der Waals surface area (Å²) in [4.78, 5) is 13.8. The summed E-state index contributed by atoms with van der Waals surface area (Å²) in [5.41, 5.74) is 0.595. The first-order valence-corrected chi connectivity index (χ1v) is 11.2. The number of nitrogens with zero attached hydrogens (tertiary/aromatic N) is 1. The fraction of sp³-hybridized carbons (Fsp3) is 0.458. The van der Waals surface area contributed by atoms with Gasteiger partial charge in [-0.15, -0.1) is 0 Å². The zero-order valence-corrected chi connectivity index (χ0v) is 19.4. The summed E-state index contributed by atoms with van der Waals surface area (Å²) >= 11 is 5.96. The van der Waals surface area contributed by atoms with Gasteiger partial charge in [0, 0.05) is 37.1 Å². The van der Waals surface area contributed by atoms with Crippen molar-refractivity contribution in [2.45, 2.75) is 44.9 Å². The number of ether oxygens (including phenoxy) is 1. The van der Waals surface area contributed by atoms with E-state index in [1.165, 1.54) is 24.6 Å². The molecular weight excluding hydrogens is 430 g/mol. The van der Waals surface area contributed by atoms with E-state index in [-0.39, 0.29) is 18.3 Å². The molecule has 0 aliphatic carbocycles. The quantitative estimate of drug-likeness (QED) is 0.428. The first kappa shape index (κ1) is 24.3. The molecule has 2 aromatic rings. The molecule has 8 heteroatoms. The number of aromatic hydroxyl groups is 1. The van der Waals surface area contributed by atoms with E-state index in [0.29, 0.717) is 24.0 Å². The number of benzene rings is 2. The summed E-state index contributed by atoms with van der Waals surface area (Å²) in [7, 11) is 0. The number of carbonyl (C=O) groups is 1. The molecule has 1 heterocycles. The zero-order chi connectivity index (χ0) is 23.1. The van der Waals surface area contributed by atoms with E-state index >= 15 is 0 Å². The third-order valence-corrected chi connectivity index (χ3v) is 5.75. The van der Waals surface area contributed by atoms with Crippen molar-refractivity contribution >= 4 is 23.2 Å². The molecule has 1 aliphatic heterocycles. The highest BCUT2D eigenvalue weighted by atomic mass is 35.5. The van der Waals surface area contributed by atoms with Gasteiger partial charge in [-0.1, -0.05) is 23.7 Å².